The Balaban J connectivity index is 1.85. The summed E-state index contributed by atoms with van der Waals surface area (Å²) in [5.74, 6) is 0.501. The predicted molar refractivity (Wildman–Crippen MR) is 79.8 cm³/mol. The zero-order chi connectivity index (χ0) is 15.2. The van der Waals surface area contributed by atoms with Crippen LogP contribution in [0.15, 0.2) is 23.0 Å². The number of carbonyl (C=O) groups is 2. The van der Waals surface area contributed by atoms with Gasteiger partial charge in [0.25, 0.3) is 5.91 Å². The summed E-state index contributed by atoms with van der Waals surface area (Å²) in [7, 11) is 0. The summed E-state index contributed by atoms with van der Waals surface area (Å²) < 4.78 is 4.95. The maximum atomic E-state index is 12.3. The normalized spacial score (nSPS) is 18.8. The average Bonchev–Trinajstić information content (AvgIpc) is 3.00. The van der Waals surface area contributed by atoms with Crippen LogP contribution >= 0.6 is 0 Å². The van der Waals surface area contributed by atoms with Crippen molar-refractivity contribution >= 4 is 11.8 Å². The predicted octanol–water partition coefficient (Wildman–Crippen LogP) is 2.29. The first-order chi connectivity index (χ1) is 10.1. The molecule has 0 unspecified atom stereocenters. The molecule has 1 atom stereocenters. The van der Waals surface area contributed by atoms with Gasteiger partial charge >= 0.3 is 0 Å². The molecule has 5 nitrogen and oxygen atoms in total. The first kappa shape index (κ1) is 15.6. The van der Waals surface area contributed by atoms with E-state index in [1.54, 1.807) is 11.0 Å². The molecule has 1 saturated heterocycles. The second-order valence-corrected chi connectivity index (χ2v) is 6.08. The van der Waals surface area contributed by atoms with E-state index >= 15 is 0 Å². The third-order valence-corrected chi connectivity index (χ3v) is 3.87. The summed E-state index contributed by atoms with van der Waals surface area (Å²) >= 11 is 0. The van der Waals surface area contributed by atoms with E-state index in [0.717, 1.165) is 19.3 Å². The van der Waals surface area contributed by atoms with Crippen molar-refractivity contribution in [2.24, 2.45) is 11.8 Å². The van der Waals surface area contributed by atoms with Crippen LogP contribution in [0.1, 0.15) is 43.5 Å². The number of amides is 2. The van der Waals surface area contributed by atoms with Crippen LogP contribution in [0.4, 0.5) is 0 Å². The van der Waals surface area contributed by atoms with Crippen LogP contribution in [0, 0.1) is 11.8 Å². The van der Waals surface area contributed by atoms with Gasteiger partial charge in [0, 0.05) is 19.6 Å². The highest BCUT2D eigenvalue weighted by molar-refractivity contribution is 5.94. The number of hydrogen-bond acceptors (Lipinski definition) is 3. The van der Waals surface area contributed by atoms with Crippen molar-refractivity contribution in [1.29, 1.82) is 0 Å². The van der Waals surface area contributed by atoms with Crippen LogP contribution in [0.2, 0.25) is 0 Å². The van der Waals surface area contributed by atoms with Crippen molar-refractivity contribution in [3.63, 3.8) is 0 Å². The fraction of sp³-hybridized carbons (Fsp3) is 0.625. The van der Waals surface area contributed by atoms with Gasteiger partial charge in [-0.25, -0.2) is 0 Å². The smallest absolute Gasteiger partial charge is 0.257 e. The van der Waals surface area contributed by atoms with Gasteiger partial charge in [0.15, 0.2) is 0 Å². The Morgan fingerprint density at radius 3 is 2.95 bits per heavy atom. The molecule has 0 radical (unpaired) electrons. The van der Waals surface area contributed by atoms with Gasteiger partial charge in [-0.1, -0.05) is 13.8 Å². The van der Waals surface area contributed by atoms with Crippen molar-refractivity contribution < 1.29 is 14.0 Å². The van der Waals surface area contributed by atoms with Gasteiger partial charge in [0.1, 0.15) is 6.26 Å². The molecule has 1 aromatic rings. The summed E-state index contributed by atoms with van der Waals surface area (Å²) in [5.41, 5.74) is 0.552. The Labute approximate surface area is 125 Å². The van der Waals surface area contributed by atoms with Crippen LogP contribution in [0.5, 0.6) is 0 Å². The van der Waals surface area contributed by atoms with E-state index < -0.39 is 0 Å². The van der Waals surface area contributed by atoms with E-state index in [0.29, 0.717) is 31.1 Å². The Morgan fingerprint density at radius 2 is 2.29 bits per heavy atom. The summed E-state index contributed by atoms with van der Waals surface area (Å²) in [6.07, 6.45) is 5.65. The lowest BCUT2D eigenvalue weighted by Crippen LogP contribution is -2.45. The fourth-order valence-corrected chi connectivity index (χ4v) is 2.57. The Morgan fingerprint density at radius 1 is 1.48 bits per heavy atom. The minimum atomic E-state index is -0.0956. The number of piperidine rings is 1. The highest BCUT2D eigenvalue weighted by Gasteiger charge is 2.29. The van der Waals surface area contributed by atoms with Gasteiger partial charge in [-0.2, -0.15) is 0 Å². The largest absolute Gasteiger partial charge is 0.472 e. The van der Waals surface area contributed by atoms with Crippen molar-refractivity contribution in [3.05, 3.63) is 24.2 Å². The van der Waals surface area contributed by atoms with E-state index in [1.807, 2.05) is 0 Å². The summed E-state index contributed by atoms with van der Waals surface area (Å²) in [6.45, 7) is 6.19. The van der Waals surface area contributed by atoms with Gasteiger partial charge < -0.3 is 14.6 Å². The van der Waals surface area contributed by atoms with Crippen LogP contribution < -0.4 is 5.32 Å². The molecule has 2 rings (SSSR count). The topological polar surface area (TPSA) is 62.6 Å². The minimum Gasteiger partial charge on any atom is -0.472 e. The minimum absolute atomic E-state index is 0.0524. The first-order valence-electron chi connectivity index (χ1n) is 7.67. The Hall–Kier alpha value is -1.78. The van der Waals surface area contributed by atoms with E-state index in [4.69, 9.17) is 4.42 Å². The van der Waals surface area contributed by atoms with Crippen molar-refractivity contribution in [1.82, 2.24) is 10.2 Å². The molecule has 0 saturated carbocycles. The van der Waals surface area contributed by atoms with Gasteiger partial charge in [0.2, 0.25) is 5.91 Å². The highest BCUT2D eigenvalue weighted by atomic mass is 16.3. The van der Waals surface area contributed by atoms with Gasteiger partial charge in [-0.3, -0.25) is 9.59 Å². The van der Waals surface area contributed by atoms with E-state index in [1.165, 1.54) is 12.5 Å². The average molecular weight is 292 g/mol. The summed E-state index contributed by atoms with van der Waals surface area (Å²) in [5, 5.41) is 2.98. The molecule has 1 fully saturated rings. The molecule has 0 aromatic carbocycles. The maximum Gasteiger partial charge on any atom is 0.257 e. The molecule has 5 heteroatoms. The molecular weight excluding hydrogens is 268 g/mol. The third kappa shape index (κ3) is 4.34. The molecule has 1 aliphatic rings. The van der Waals surface area contributed by atoms with Crippen molar-refractivity contribution in [2.75, 3.05) is 19.6 Å². The monoisotopic (exact) mass is 292 g/mol. The SMILES string of the molecule is CC(C)CCNC(=O)[C@H]1CCCN(C(=O)c2ccoc2)C1. The highest BCUT2D eigenvalue weighted by Crippen LogP contribution is 2.19. The zero-order valence-corrected chi connectivity index (χ0v) is 12.8. The second kappa shape index (κ2) is 7.29. The number of likely N-dealkylation sites (tertiary alicyclic amines) is 1. The molecule has 1 aromatic heterocycles. The lowest BCUT2D eigenvalue weighted by Gasteiger charge is -2.31. The Kier molecular flexibility index (Phi) is 5.42. The van der Waals surface area contributed by atoms with Crippen LogP contribution in [-0.2, 0) is 4.79 Å². The van der Waals surface area contributed by atoms with Gasteiger partial charge in [-0.15, -0.1) is 0 Å². The van der Waals surface area contributed by atoms with Crippen LogP contribution in [0.3, 0.4) is 0 Å². The molecule has 1 aliphatic heterocycles. The number of furan rings is 1. The standard InChI is InChI=1S/C16H24N2O3/c1-12(2)5-7-17-15(19)13-4-3-8-18(10-13)16(20)14-6-9-21-11-14/h6,9,11-13H,3-5,7-8,10H2,1-2H3,(H,17,19)/t13-/m0/s1. The van der Waals surface area contributed by atoms with Crippen LogP contribution in [0.25, 0.3) is 0 Å². The van der Waals surface area contributed by atoms with E-state index in [-0.39, 0.29) is 17.7 Å². The quantitative estimate of drug-likeness (QED) is 0.905. The lowest BCUT2D eigenvalue weighted by molar-refractivity contribution is -0.126. The molecule has 2 heterocycles. The molecular formula is C16H24N2O3. The molecule has 0 aliphatic carbocycles. The van der Waals surface area contributed by atoms with Gasteiger partial charge in [0.05, 0.1) is 17.7 Å². The van der Waals surface area contributed by atoms with E-state index in [2.05, 4.69) is 19.2 Å². The lowest BCUT2D eigenvalue weighted by atomic mass is 9.96. The maximum absolute atomic E-state index is 12.3. The summed E-state index contributed by atoms with van der Waals surface area (Å²) in [6, 6.07) is 1.66. The van der Waals surface area contributed by atoms with Crippen molar-refractivity contribution in [3.8, 4) is 0 Å². The number of carbonyl (C=O) groups excluding carboxylic acids is 2. The number of rotatable bonds is 5. The summed E-state index contributed by atoms with van der Waals surface area (Å²) in [4.78, 5) is 26.2. The molecule has 0 bridgehead atoms. The van der Waals surface area contributed by atoms with Crippen molar-refractivity contribution in [2.45, 2.75) is 33.1 Å². The second-order valence-electron chi connectivity index (χ2n) is 6.08. The molecule has 116 valence electrons. The van der Waals surface area contributed by atoms with Gasteiger partial charge in [-0.05, 0) is 31.2 Å². The van der Waals surface area contributed by atoms with E-state index in [9.17, 15) is 9.59 Å². The molecule has 2 amide bonds. The Bertz CT molecular complexity index is 468. The first-order valence-corrected chi connectivity index (χ1v) is 7.67. The number of hydrogen-bond donors (Lipinski definition) is 1. The molecule has 1 N–H and O–H groups in total. The van der Waals surface area contributed by atoms with Crippen LogP contribution in [-0.4, -0.2) is 36.3 Å². The number of nitrogens with one attached hydrogen (secondary N) is 1. The molecule has 0 spiro atoms. The zero-order valence-electron chi connectivity index (χ0n) is 12.8. The third-order valence-electron chi connectivity index (χ3n) is 3.87. The number of nitrogens with zero attached hydrogens (tertiary/aromatic N) is 1. The fourth-order valence-electron chi connectivity index (χ4n) is 2.57. The molecule has 21 heavy (non-hydrogen) atoms.